The van der Waals surface area contributed by atoms with Crippen LogP contribution in [0.5, 0.6) is 0 Å². The van der Waals surface area contributed by atoms with E-state index in [0.29, 0.717) is 5.69 Å². The Morgan fingerprint density at radius 1 is 1.00 bits per heavy atom. The second-order valence-corrected chi connectivity index (χ2v) is 6.65. The monoisotopic (exact) mass is 276 g/mol. The zero-order valence-electron chi connectivity index (χ0n) is 13.1. The summed E-state index contributed by atoms with van der Waals surface area (Å²) in [5.74, 6) is -0.597. The molecule has 4 heteroatoms. The third kappa shape index (κ3) is 4.37. The predicted octanol–water partition coefficient (Wildman–Crippen LogP) is 2.87. The number of amides is 2. The Morgan fingerprint density at radius 3 is 2.10 bits per heavy atom. The van der Waals surface area contributed by atoms with Crippen LogP contribution in [-0.4, -0.2) is 17.4 Å². The average molecular weight is 276 g/mol. The van der Waals surface area contributed by atoms with Crippen molar-refractivity contribution in [1.29, 1.82) is 0 Å². The number of benzene rings is 1. The first-order valence-electron chi connectivity index (χ1n) is 6.73. The maximum atomic E-state index is 12.3. The highest BCUT2D eigenvalue weighted by Gasteiger charge is 2.37. The number of anilines is 1. The molecule has 0 bridgehead atoms. The zero-order chi connectivity index (χ0) is 15.6. The van der Waals surface area contributed by atoms with E-state index in [9.17, 15) is 9.59 Å². The van der Waals surface area contributed by atoms with Crippen LogP contribution >= 0.6 is 0 Å². The Bertz CT molecular complexity index is 513. The molecule has 0 fully saturated rings. The molecular weight excluding hydrogens is 252 g/mol. The van der Waals surface area contributed by atoms with Crippen molar-refractivity contribution in [3.05, 3.63) is 29.8 Å². The molecule has 0 saturated carbocycles. The first-order chi connectivity index (χ1) is 9.02. The second kappa shape index (κ2) is 5.65. The van der Waals surface area contributed by atoms with Crippen LogP contribution in [0.4, 0.5) is 5.69 Å². The molecule has 1 aromatic carbocycles. The molecule has 20 heavy (non-hydrogen) atoms. The standard InChI is InChI=1S/C16H24N2O2/c1-11-8-7-9-12(10-11)17-13(19)16(5,6)14(20)18-15(2,3)4/h7-10H,1-6H3,(H,17,19)(H,18,20). The van der Waals surface area contributed by atoms with Crippen LogP contribution in [0.15, 0.2) is 24.3 Å². The number of rotatable bonds is 3. The Balaban J connectivity index is 2.82. The number of hydrogen-bond donors (Lipinski definition) is 2. The van der Waals surface area contributed by atoms with Gasteiger partial charge in [0.15, 0.2) is 0 Å². The molecule has 0 aromatic heterocycles. The fourth-order valence-corrected chi connectivity index (χ4v) is 1.61. The molecule has 0 aliphatic carbocycles. The van der Waals surface area contributed by atoms with Crippen molar-refractivity contribution in [3.8, 4) is 0 Å². The van der Waals surface area contributed by atoms with Crippen LogP contribution in [-0.2, 0) is 9.59 Å². The number of carbonyl (C=O) groups excluding carboxylic acids is 2. The van der Waals surface area contributed by atoms with E-state index in [1.54, 1.807) is 13.8 Å². The molecular formula is C16H24N2O2. The van der Waals surface area contributed by atoms with E-state index in [0.717, 1.165) is 5.56 Å². The summed E-state index contributed by atoms with van der Waals surface area (Å²) in [7, 11) is 0. The Labute approximate surface area is 121 Å². The molecule has 1 aromatic rings. The molecule has 0 unspecified atom stereocenters. The van der Waals surface area contributed by atoms with Gasteiger partial charge in [-0.25, -0.2) is 0 Å². The summed E-state index contributed by atoms with van der Waals surface area (Å²) in [6.45, 7) is 10.9. The number of aryl methyl sites for hydroxylation is 1. The molecule has 110 valence electrons. The highest BCUT2D eigenvalue weighted by atomic mass is 16.2. The summed E-state index contributed by atoms with van der Waals surface area (Å²) in [5, 5.41) is 5.63. The third-order valence-electron chi connectivity index (χ3n) is 2.90. The summed E-state index contributed by atoms with van der Waals surface area (Å²) in [6, 6.07) is 7.50. The van der Waals surface area contributed by atoms with Crippen LogP contribution in [0, 0.1) is 12.3 Å². The van der Waals surface area contributed by atoms with E-state index in [2.05, 4.69) is 10.6 Å². The van der Waals surface area contributed by atoms with Gasteiger partial charge in [-0.3, -0.25) is 9.59 Å². The lowest BCUT2D eigenvalue weighted by molar-refractivity contribution is -0.139. The lowest BCUT2D eigenvalue weighted by Gasteiger charge is -2.28. The van der Waals surface area contributed by atoms with Gasteiger partial charge < -0.3 is 10.6 Å². The number of nitrogens with one attached hydrogen (secondary N) is 2. The summed E-state index contributed by atoms with van der Waals surface area (Å²) >= 11 is 0. The molecule has 0 radical (unpaired) electrons. The smallest absolute Gasteiger partial charge is 0.239 e. The predicted molar refractivity (Wildman–Crippen MR) is 81.5 cm³/mol. The van der Waals surface area contributed by atoms with E-state index in [4.69, 9.17) is 0 Å². The topological polar surface area (TPSA) is 58.2 Å². The fourth-order valence-electron chi connectivity index (χ4n) is 1.61. The number of carbonyl (C=O) groups is 2. The SMILES string of the molecule is Cc1cccc(NC(=O)C(C)(C)C(=O)NC(C)(C)C)c1. The Hall–Kier alpha value is -1.84. The summed E-state index contributed by atoms with van der Waals surface area (Å²) < 4.78 is 0. The molecule has 0 heterocycles. The van der Waals surface area contributed by atoms with E-state index in [1.165, 1.54) is 0 Å². The minimum atomic E-state index is -1.13. The van der Waals surface area contributed by atoms with Gasteiger partial charge in [-0.1, -0.05) is 12.1 Å². The lowest BCUT2D eigenvalue weighted by atomic mass is 9.89. The molecule has 0 spiro atoms. The van der Waals surface area contributed by atoms with Gasteiger partial charge in [-0.2, -0.15) is 0 Å². The first-order valence-corrected chi connectivity index (χ1v) is 6.73. The highest BCUT2D eigenvalue weighted by Crippen LogP contribution is 2.20. The largest absolute Gasteiger partial charge is 0.351 e. The van der Waals surface area contributed by atoms with Gasteiger partial charge in [0.2, 0.25) is 11.8 Å². The molecule has 1 rings (SSSR count). The first kappa shape index (κ1) is 16.2. The minimum absolute atomic E-state index is 0.282. The Kier molecular flexibility index (Phi) is 4.58. The van der Waals surface area contributed by atoms with E-state index < -0.39 is 5.41 Å². The van der Waals surface area contributed by atoms with Crippen LogP contribution in [0.1, 0.15) is 40.2 Å². The number of hydrogen-bond acceptors (Lipinski definition) is 2. The van der Waals surface area contributed by atoms with Crippen LogP contribution in [0.25, 0.3) is 0 Å². The van der Waals surface area contributed by atoms with Crippen LogP contribution < -0.4 is 10.6 Å². The summed E-state index contributed by atoms with van der Waals surface area (Å²) in [6.07, 6.45) is 0. The van der Waals surface area contributed by atoms with Gasteiger partial charge in [-0.05, 0) is 59.2 Å². The van der Waals surface area contributed by atoms with Gasteiger partial charge in [-0.15, -0.1) is 0 Å². The van der Waals surface area contributed by atoms with E-state index in [-0.39, 0.29) is 17.4 Å². The molecule has 0 aliphatic heterocycles. The van der Waals surface area contributed by atoms with Gasteiger partial charge in [0.1, 0.15) is 5.41 Å². The normalized spacial score (nSPS) is 11.9. The van der Waals surface area contributed by atoms with Gasteiger partial charge in [0.05, 0.1) is 0 Å². The van der Waals surface area contributed by atoms with E-state index in [1.807, 2.05) is 52.0 Å². The van der Waals surface area contributed by atoms with Crippen LogP contribution in [0.3, 0.4) is 0 Å². The van der Waals surface area contributed by atoms with Gasteiger partial charge >= 0.3 is 0 Å². The zero-order valence-corrected chi connectivity index (χ0v) is 13.1. The quantitative estimate of drug-likeness (QED) is 0.834. The third-order valence-corrected chi connectivity index (χ3v) is 2.90. The summed E-state index contributed by atoms with van der Waals surface area (Å²) in [5.41, 5.74) is 0.265. The van der Waals surface area contributed by atoms with Gasteiger partial charge in [0.25, 0.3) is 0 Å². The van der Waals surface area contributed by atoms with Crippen molar-refractivity contribution < 1.29 is 9.59 Å². The fraction of sp³-hybridized carbons (Fsp3) is 0.500. The van der Waals surface area contributed by atoms with Crippen molar-refractivity contribution in [2.24, 2.45) is 5.41 Å². The van der Waals surface area contributed by atoms with E-state index >= 15 is 0 Å². The van der Waals surface area contributed by atoms with Crippen molar-refractivity contribution in [3.63, 3.8) is 0 Å². The van der Waals surface area contributed by atoms with Crippen molar-refractivity contribution >= 4 is 17.5 Å². The lowest BCUT2D eigenvalue weighted by Crippen LogP contribution is -2.51. The van der Waals surface area contributed by atoms with Gasteiger partial charge in [0, 0.05) is 11.2 Å². The van der Waals surface area contributed by atoms with Crippen molar-refractivity contribution in [2.45, 2.75) is 47.1 Å². The highest BCUT2D eigenvalue weighted by molar-refractivity contribution is 6.10. The molecule has 0 aliphatic rings. The maximum Gasteiger partial charge on any atom is 0.239 e. The maximum absolute atomic E-state index is 12.3. The summed E-state index contributed by atoms with van der Waals surface area (Å²) in [4.78, 5) is 24.5. The minimum Gasteiger partial charge on any atom is -0.351 e. The van der Waals surface area contributed by atoms with Crippen molar-refractivity contribution in [1.82, 2.24) is 5.32 Å². The van der Waals surface area contributed by atoms with Crippen molar-refractivity contribution in [2.75, 3.05) is 5.32 Å². The Morgan fingerprint density at radius 2 is 1.60 bits per heavy atom. The molecule has 4 nitrogen and oxygen atoms in total. The molecule has 0 saturated heterocycles. The second-order valence-electron chi connectivity index (χ2n) is 6.65. The molecule has 2 N–H and O–H groups in total. The average Bonchev–Trinajstić information content (AvgIpc) is 2.26. The molecule has 2 amide bonds. The van der Waals surface area contributed by atoms with Crippen LogP contribution in [0.2, 0.25) is 0 Å². The molecule has 0 atom stereocenters.